The number of fused-ring (bicyclic) bond motifs is 3. The van der Waals surface area contributed by atoms with Crippen LogP contribution in [0.2, 0.25) is 3.63 Å². The molecule has 0 amide bonds. The fourth-order valence-corrected chi connectivity index (χ4v) is 27.2. The molecule has 4 aromatic carbocycles. The fraction of sp³-hybridized carbons (Fsp3) is 0.326. The first kappa shape index (κ1) is 44.4. The number of hydrogen-bond acceptors (Lipinski definition) is 0. The van der Waals surface area contributed by atoms with Crippen LogP contribution >= 0.6 is 17.0 Å². The van der Waals surface area contributed by atoms with Crippen LogP contribution in [0.4, 0.5) is 52.7 Å². The summed E-state index contributed by atoms with van der Waals surface area (Å²) in [5, 5.41) is 0. The molecule has 0 saturated carbocycles. The Bertz CT molecular complexity index is 2220. The summed E-state index contributed by atoms with van der Waals surface area (Å²) in [7, 11) is 16.4. The third kappa shape index (κ3) is 7.93. The zero-order valence-electron chi connectivity index (χ0n) is 31.7. The molecule has 0 aliphatic heterocycles. The van der Waals surface area contributed by atoms with Crippen LogP contribution in [0.3, 0.4) is 0 Å². The van der Waals surface area contributed by atoms with Crippen molar-refractivity contribution in [3.8, 4) is 11.1 Å². The summed E-state index contributed by atoms with van der Waals surface area (Å²) in [6.07, 6.45) is -16.0. The molecule has 0 nitrogen and oxygen atoms in total. The van der Waals surface area contributed by atoms with Crippen LogP contribution in [0.5, 0.6) is 0 Å². The Morgan fingerprint density at radius 1 is 0.448 bits per heavy atom. The Morgan fingerprint density at radius 2 is 0.759 bits per heavy atom. The molecular formula is C43H36Cl2F12Zr. The van der Waals surface area contributed by atoms with Gasteiger partial charge >= 0.3 is 337 Å². The van der Waals surface area contributed by atoms with E-state index >= 15 is 0 Å². The van der Waals surface area contributed by atoms with Crippen LogP contribution in [-0.2, 0) is 51.4 Å². The molecule has 310 valence electrons. The predicted molar refractivity (Wildman–Crippen MR) is 201 cm³/mol. The summed E-state index contributed by atoms with van der Waals surface area (Å²) >= 11 is -7.25. The molecule has 58 heavy (non-hydrogen) atoms. The van der Waals surface area contributed by atoms with Gasteiger partial charge in [0, 0.05) is 0 Å². The van der Waals surface area contributed by atoms with Gasteiger partial charge in [-0.15, -0.1) is 0 Å². The SMILES string of the molecule is CC(C)(C)c1ccc2c(c1)[CH]([Zr]([Cl])([Cl])(=[C](c1cc(C(F)(F)F)cc(C(F)(F)F)c1)c1cc(C(F)(F)F)cc(C(F)(F)F)c1)[CH]1C=CC=C1)c1cc(C(C)(C)C)ccc1-2. The van der Waals surface area contributed by atoms with E-state index in [1.54, 1.807) is 24.3 Å². The van der Waals surface area contributed by atoms with Crippen LogP contribution in [0.15, 0.2) is 97.1 Å². The van der Waals surface area contributed by atoms with Gasteiger partial charge in [-0.2, -0.15) is 0 Å². The van der Waals surface area contributed by atoms with Gasteiger partial charge in [-0.05, 0) is 0 Å². The summed E-state index contributed by atoms with van der Waals surface area (Å²) in [5.74, 6) is 0. The van der Waals surface area contributed by atoms with Crippen molar-refractivity contribution in [2.24, 2.45) is 0 Å². The molecule has 0 spiro atoms. The molecule has 2 aliphatic carbocycles. The van der Waals surface area contributed by atoms with Gasteiger partial charge < -0.3 is 0 Å². The topological polar surface area (TPSA) is 0 Å². The van der Waals surface area contributed by atoms with Gasteiger partial charge in [-0.25, -0.2) is 0 Å². The van der Waals surface area contributed by atoms with Gasteiger partial charge in [0.1, 0.15) is 0 Å². The minimum absolute atomic E-state index is 0.179. The first-order chi connectivity index (χ1) is 26.2. The zero-order valence-corrected chi connectivity index (χ0v) is 35.7. The third-order valence-electron chi connectivity index (χ3n) is 10.9. The first-order valence-corrected chi connectivity index (χ1v) is 28.3. The average molecular weight is 943 g/mol. The maximum atomic E-state index is 14.6. The van der Waals surface area contributed by atoms with Crippen LogP contribution < -0.4 is 0 Å². The van der Waals surface area contributed by atoms with Gasteiger partial charge in [0.2, 0.25) is 0 Å². The Kier molecular flexibility index (Phi) is 10.7. The number of benzene rings is 4. The van der Waals surface area contributed by atoms with E-state index in [1.807, 2.05) is 53.7 Å². The van der Waals surface area contributed by atoms with E-state index in [9.17, 15) is 52.7 Å². The molecule has 0 heterocycles. The maximum absolute atomic E-state index is 14.6. The molecule has 0 aromatic heterocycles. The average Bonchev–Trinajstić information content (AvgIpc) is 3.73. The second kappa shape index (κ2) is 13.9. The molecule has 0 radical (unpaired) electrons. The van der Waals surface area contributed by atoms with E-state index in [4.69, 9.17) is 17.0 Å². The number of rotatable bonds is 4. The molecule has 2 aliphatic rings. The van der Waals surface area contributed by atoms with Crippen LogP contribution in [0, 0.1) is 0 Å². The number of alkyl halides is 12. The van der Waals surface area contributed by atoms with Crippen LogP contribution in [-0.4, -0.2) is 3.21 Å². The normalized spacial score (nSPS) is 15.9. The molecule has 0 atom stereocenters. The summed E-state index contributed by atoms with van der Waals surface area (Å²) in [6, 6.07) is 11.4. The Hall–Kier alpha value is -3.15. The van der Waals surface area contributed by atoms with Gasteiger partial charge in [-0.3, -0.25) is 0 Å². The molecule has 0 saturated heterocycles. The summed E-state index contributed by atoms with van der Waals surface area (Å²) < 4.78 is 172. The van der Waals surface area contributed by atoms with Crippen molar-refractivity contribution < 1.29 is 68.6 Å². The Morgan fingerprint density at radius 3 is 1.03 bits per heavy atom. The number of halogens is 14. The van der Waals surface area contributed by atoms with Gasteiger partial charge in [0.15, 0.2) is 0 Å². The van der Waals surface area contributed by atoms with Gasteiger partial charge in [-0.1, -0.05) is 0 Å². The predicted octanol–water partition coefficient (Wildman–Crippen LogP) is 15.6. The van der Waals surface area contributed by atoms with Crippen LogP contribution in [0.1, 0.15) is 101 Å². The van der Waals surface area contributed by atoms with Crippen molar-refractivity contribution in [2.75, 3.05) is 0 Å². The van der Waals surface area contributed by atoms with E-state index in [2.05, 4.69) is 0 Å². The van der Waals surface area contributed by atoms with E-state index in [-0.39, 0.29) is 36.4 Å². The van der Waals surface area contributed by atoms with Crippen molar-refractivity contribution >= 4 is 20.2 Å². The molecule has 0 N–H and O–H groups in total. The summed E-state index contributed by atoms with van der Waals surface area (Å²) in [4.78, 5) is 0. The van der Waals surface area contributed by atoms with Gasteiger partial charge in [0.25, 0.3) is 0 Å². The van der Waals surface area contributed by atoms with Crippen LogP contribution in [0.25, 0.3) is 11.1 Å². The van der Waals surface area contributed by atoms with Crippen molar-refractivity contribution in [1.29, 1.82) is 0 Å². The number of allylic oxidation sites excluding steroid dienone is 4. The van der Waals surface area contributed by atoms with Crippen molar-refractivity contribution in [1.82, 2.24) is 0 Å². The Labute approximate surface area is 335 Å². The third-order valence-corrected chi connectivity index (χ3v) is 30.5. The van der Waals surface area contributed by atoms with E-state index in [0.29, 0.717) is 33.4 Å². The summed E-state index contributed by atoms with van der Waals surface area (Å²) in [6.45, 7) is 11.3. The summed E-state index contributed by atoms with van der Waals surface area (Å²) in [5.41, 5.74) is -7.29. The number of hydrogen-bond donors (Lipinski definition) is 0. The first-order valence-electron chi connectivity index (χ1n) is 17.9. The molecule has 15 heteroatoms. The second-order valence-electron chi connectivity index (χ2n) is 16.9. The quantitative estimate of drug-likeness (QED) is 0.179. The van der Waals surface area contributed by atoms with Crippen molar-refractivity contribution in [3.63, 3.8) is 0 Å². The van der Waals surface area contributed by atoms with E-state index in [0.717, 1.165) is 0 Å². The van der Waals surface area contributed by atoms with E-state index < -0.39 is 95.3 Å². The van der Waals surface area contributed by atoms with Crippen molar-refractivity contribution in [3.05, 3.63) is 153 Å². The Balaban J connectivity index is 1.98. The monoisotopic (exact) mass is 940 g/mol. The van der Waals surface area contributed by atoms with E-state index in [1.165, 1.54) is 24.3 Å². The molecule has 0 bridgehead atoms. The molecular weight excluding hydrogens is 907 g/mol. The fourth-order valence-electron chi connectivity index (χ4n) is 7.97. The molecule has 6 rings (SSSR count). The molecule has 0 fully saturated rings. The van der Waals surface area contributed by atoms with Crippen molar-refractivity contribution in [2.45, 2.75) is 84.3 Å². The van der Waals surface area contributed by atoms with Gasteiger partial charge in [0.05, 0.1) is 0 Å². The standard InChI is InChI=1S/C21H25.C17H6F12.C5H5.2ClH.Zr/c1-20(2,3)16-7-9-18-14(12-16)11-15-13-17(21(4,5)6)8-10-19(15)18;18-14(19,20)10-2-8(3-11(6-10)15(21,22)23)1-9-4-12(16(24,25)26)7-13(5-9)17(27,28)29;1-2-4-5-3-1;;;/h7-13H,1-6H3;2-7H;1-5H;2*1H;/q;;;;;+2/p-2. The minimum atomic E-state index is -7.25. The molecule has 4 aromatic rings. The second-order valence-corrected chi connectivity index (χ2v) is 37.7. The zero-order chi connectivity index (χ0) is 43.4. The molecule has 0 unspecified atom stereocenters.